The van der Waals surface area contributed by atoms with Crippen LogP contribution in [0, 0.1) is 6.92 Å². The highest BCUT2D eigenvalue weighted by Gasteiger charge is 1.99. The molecule has 3 nitrogen and oxygen atoms in total. The maximum atomic E-state index is 4.07. The lowest BCUT2D eigenvalue weighted by Crippen LogP contribution is -1.90. The van der Waals surface area contributed by atoms with Crippen LogP contribution in [0.15, 0.2) is 24.0 Å². The van der Waals surface area contributed by atoms with E-state index < -0.39 is 0 Å². The number of hydrogen-bond donors (Lipinski definition) is 0. The lowest BCUT2D eigenvalue weighted by molar-refractivity contribution is 0.926. The number of hydrogen-bond acceptors (Lipinski definition) is 2. The van der Waals surface area contributed by atoms with E-state index in [-0.39, 0.29) is 0 Å². The van der Waals surface area contributed by atoms with Gasteiger partial charge in [0.1, 0.15) is 0 Å². The van der Waals surface area contributed by atoms with Crippen LogP contribution in [-0.4, -0.2) is 16.5 Å². The third kappa shape index (κ3) is 5.29. The second-order valence-corrected chi connectivity index (χ2v) is 2.34. The molecule has 0 radical (unpaired) electrons. The first-order valence-corrected chi connectivity index (χ1v) is 5.58. The molecule has 0 atom stereocenters. The first-order chi connectivity index (χ1) is 7.79. The summed E-state index contributed by atoms with van der Waals surface area (Å²) in [5.41, 5.74) is 2.08. The van der Waals surface area contributed by atoms with Gasteiger partial charge in [-0.3, -0.25) is 4.99 Å². The fourth-order valence-electron chi connectivity index (χ4n) is 0.934. The SMILES string of the molecule is C=Cn1ncc(C)c1/C=C\N=C.CC.CC. The van der Waals surface area contributed by atoms with Crippen molar-refractivity contribution in [1.82, 2.24) is 9.78 Å². The monoisotopic (exact) mass is 221 g/mol. The molecule has 90 valence electrons. The molecule has 16 heavy (non-hydrogen) atoms. The van der Waals surface area contributed by atoms with Crippen LogP contribution in [0.3, 0.4) is 0 Å². The summed E-state index contributed by atoms with van der Waals surface area (Å²) >= 11 is 0. The standard InChI is InChI=1S/C9H11N3.2C2H6/c1-4-12-9(5-6-10-3)8(2)7-11-12;2*1-2/h4-7H,1,3H2,2H3;2*1-2H3/b6-5-;;. The van der Waals surface area contributed by atoms with Gasteiger partial charge in [0.15, 0.2) is 0 Å². The van der Waals surface area contributed by atoms with Crippen LogP contribution in [0.25, 0.3) is 12.3 Å². The van der Waals surface area contributed by atoms with E-state index in [1.807, 2.05) is 40.7 Å². The van der Waals surface area contributed by atoms with Crippen molar-refractivity contribution in [3.05, 3.63) is 30.2 Å². The van der Waals surface area contributed by atoms with E-state index >= 15 is 0 Å². The van der Waals surface area contributed by atoms with Crippen molar-refractivity contribution in [2.45, 2.75) is 34.6 Å². The smallest absolute Gasteiger partial charge is 0.0705 e. The number of rotatable bonds is 3. The van der Waals surface area contributed by atoms with Gasteiger partial charge in [0.2, 0.25) is 0 Å². The first-order valence-electron chi connectivity index (χ1n) is 5.58. The minimum Gasteiger partial charge on any atom is -0.272 e. The highest BCUT2D eigenvalue weighted by molar-refractivity contribution is 5.52. The van der Waals surface area contributed by atoms with Gasteiger partial charge in [0.25, 0.3) is 0 Å². The number of aryl methyl sites for hydroxylation is 1. The number of aliphatic imine (C=N–C) groups is 1. The van der Waals surface area contributed by atoms with Gasteiger partial charge >= 0.3 is 0 Å². The van der Waals surface area contributed by atoms with E-state index in [0.29, 0.717) is 0 Å². The van der Waals surface area contributed by atoms with Gasteiger partial charge in [0, 0.05) is 12.4 Å². The Balaban J connectivity index is 0. The summed E-state index contributed by atoms with van der Waals surface area (Å²) in [6.07, 6.45) is 6.90. The van der Waals surface area contributed by atoms with Gasteiger partial charge in [-0.05, 0) is 25.3 Å². The average molecular weight is 221 g/mol. The van der Waals surface area contributed by atoms with Crippen LogP contribution in [0.5, 0.6) is 0 Å². The van der Waals surface area contributed by atoms with Crippen molar-refractivity contribution in [2.24, 2.45) is 4.99 Å². The van der Waals surface area contributed by atoms with Gasteiger partial charge in [-0.2, -0.15) is 5.10 Å². The Hall–Kier alpha value is -1.64. The zero-order valence-corrected chi connectivity index (χ0v) is 11.1. The van der Waals surface area contributed by atoms with Crippen LogP contribution in [-0.2, 0) is 0 Å². The third-order valence-corrected chi connectivity index (χ3v) is 1.54. The highest BCUT2D eigenvalue weighted by atomic mass is 15.3. The van der Waals surface area contributed by atoms with E-state index in [2.05, 4.69) is 23.4 Å². The van der Waals surface area contributed by atoms with Crippen molar-refractivity contribution < 1.29 is 0 Å². The van der Waals surface area contributed by atoms with Crippen LogP contribution in [0.4, 0.5) is 0 Å². The molecule has 0 N–H and O–H groups in total. The van der Waals surface area contributed by atoms with Gasteiger partial charge in [-0.1, -0.05) is 34.3 Å². The summed E-state index contributed by atoms with van der Waals surface area (Å²) in [7, 11) is 0. The van der Waals surface area contributed by atoms with Crippen LogP contribution in [0.1, 0.15) is 39.0 Å². The molecule has 0 spiro atoms. The molecule has 0 unspecified atom stereocenters. The molecule has 0 aliphatic rings. The molecule has 0 bridgehead atoms. The topological polar surface area (TPSA) is 30.2 Å². The van der Waals surface area contributed by atoms with Crippen LogP contribution in [0.2, 0.25) is 0 Å². The molecule has 0 saturated carbocycles. The zero-order valence-electron chi connectivity index (χ0n) is 11.1. The molecule has 1 heterocycles. The first kappa shape index (κ1) is 16.8. The van der Waals surface area contributed by atoms with E-state index in [1.165, 1.54) is 0 Å². The molecule has 0 aliphatic heterocycles. The summed E-state index contributed by atoms with van der Waals surface area (Å²) in [4.78, 5) is 3.62. The number of nitrogens with zero attached hydrogens (tertiary/aromatic N) is 3. The Bertz CT molecular complexity index is 322. The Labute approximate surface area is 99.2 Å². The van der Waals surface area contributed by atoms with E-state index in [4.69, 9.17) is 0 Å². The van der Waals surface area contributed by atoms with Crippen molar-refractivity contribution in [2.75, 3.05) is 0 Å². The lowest BCUT2D eigenvalue weighted by atomic mass is 10.3. The van der Waals surface area contributed by atoms with Crippen molar-refractivity contribution in [1.29, 1.82) is 0 Å². The normalized spacial score (nSPS) is 8.56. The van der Waals surface area contributed by atoms with Crippen LogP contribution < -0.4 is 0 Å². The lowest BCUT2D eigenvalue weighted by Gasteiger charge is -1.95. The highest BCUT2D eigenvalue weighted by Crippen LogP contribution is 2.08. The second kappa shape index (κ2) is 11.4. The maximum Gasteiger partial charge on any atom is 0.0705 e. The largest absolute Gasteiger partial charge is 0.272 e. The molecule has 0 saturated heterocycles. The van der Waals surface area contributed by atoms with Gasteiger partial charge < -0.3 is 0 Å². The fraction of sp³-hybridized carbons (Fsp3) is 0.385. The summed E-state index contributed by atoms with van der Waals surface area (Å²) in [6, 6.07) is 0. The van der Waals surface area contributed by atoms with Crippen molar-refractivity contribution in [3.8, 4) is 0 Å². The second-order valence-electron chi connectivity index (χ2n) is 2.34. The minimum absolute atomic E-state index is 0.984. The molecule has 3 heteroatoms. The predicted molar refractivity (Wildman–Crippen MR) is 74.6 cm³/mol. The molecule has 0 aromatic carbocycles. The minimum atomic E-state index is 0.984. The number of aromatic nitrogens is 2. The maximum absolute atomic E-state index is 4.07. The predicted octanol–water partition coefficient (Wildman–Crippen LogP) is 4.02. The Morgan fingerprint density at radius 1 is 1.31 bits per heavy atom. The van der Waals surface area contributed by atoms with Crippen molar-refractivity contribution >= 4 is 19.0 Å². The Kier molecular flexibility index (Phi) is 12.0. The summed E-state index contributed by atoms with van der Waals surface area (Å²) in [6.45, 7) is 17.0. The fourth-order valence-corrected chi connectivity index (χ4v) is 0.934. The van der Waals surface area contributed by atoms with Gasteiger partial charge in [-0.15, -0.1) is 0 Å². The zero-order chi connectivity index (χ0) is 13.0. The summed E-state index contributed by atoms with van der Waals surface area (Å²) < 4.78 is 1.69. The van der Waals surface area contributed by atoms with Gasteiger partial charge in [0.05, 0.1) is 11.9 Å². The molecule has 0 aliphatic carbocycles. The quantitative estimate of drug-likeness (QED) is 0.709. The molecular weight excluding hydrogens is 198 g/mol. The Morgan fingerprint density at radius 2 is 1.88 bits per heavy atom. The molecule has 1 rings (SSSR count). The summed E-state index contributed by atoms with van der Waals surface area (Å²) in [5.74, 6) is 0. The summed E-state index contributed by atoms with van der Waals surface area (Å²) in [5, 5.41) is 4.07. The van der Waals surface area contributed by atoms with Gasteiger partial charge in [-0.25, -0.2) is 4.68 Å². The molecule has 0 amide bonds. The average Bonchev–Trinajstić information content (AvgIpc) is 2.72. The Morgan fingerprint density at radius 3 is 2.31 bits per heavy atom. The van der Waals surface area contributed by atoms with Crippen LogP contribution >= 0.6 is 0 Å². The molecule has 1 aromatic heterocycles. The van der Waals surface area contributed by atoms with E-state index in [0.717, 1.165) is 11.3 Å². The molecule has 1 aromatic rings. The molecule has 0 fully saturated rings. The van der Waals surface area contributed by atoms with Crippen molar-refractivity contribution in [3.63, 3.8) is 0 Å². The molecular formula is C13H23N3. The van der Waals surface area contributed by atoms with E-state index in [9.17, 15) is 0 Å². The third-order valence-electron chi connectivity index (χ3n) is 1.54. The van der Waals surface area contributed by atoms with E-state index in [1.54, 1.807) is 23.3 Å².